The van der Waals surface area contributed by atoms with Gasteiger partial charge >= 0.3 is 0 Å². The fourth-order valence-electron chi connectivity index (χ4n) is 1.85. The molecule has 0 fully saturated rings. The molecule has 1 aliphatic rings. The van der Waals surface area contributed by atoms with E-state index in [1.807, 2.05) is 44.2 Å². The Balaban J connectivity index is 0.000000312. The van der Waals surface area contributed by atoms with Crippen LogP contribution in [-0.4, -0.2) is 18.9 Å². The molecule has 0 amide bonds. The topological polar surface area (TPSA) is 61.3 Å². The van der Waals surface area contributed by atoms with E-state index in [0.29, 0.717) is 6.42 Å². The first kappa shape index (κ1) is 15.6. The fourth-order valence-corrected chi connectivity index (χ4v) is 1.85. The molecule has 0 atom stereocenters. The van der Waals surface area contributed by atoms with Crippen molar-refractivity contribution in [3.8, 4) is 0 Å². The highest BCUT2D eigenvalue weighted by atomic mass is 16.5. The summed E-state index contributed by atoms with van der Waals surface area (Å²) in [5.41, 5.74) is 13.4. The Morgan fingerprint density at radius 3 is 2.21 bits per heavy atom. The van der Waals surface area contributed by atoms with Gasteiger partial charge in [-0.2, -0.15) is 0 Å². The summed E-state index contributed by atoms with van der Waals surface area (Å²) in [4.78, 5) is 0. The van der Waals surface area contributed by atoms with Gasteiger partial charge in [0.15, 0.2) is 0 Å². The van der Waals surface area contributed by atoms with Gasteiger partial charge in [-0.1, -0.05) is 48.6 Å². The lowest BCUT2D eigenvalue weighted by Crippen LogP contribution is -2.48. The maximum Gasteiger partial charge on any atom is 0.0872 e. The molecule has 0 saturated heterocycles. The molecule has 0 unspecified atom stereocenters. The van der Waals surface area contributed by atoms with Crippen LogP contribution in [0.1, 0.15) is 25.8 Å². The van der Waals surface area contributed by atoms with Crippen molar-refractivity contribution in [3.63, 3.8) is 0 Å². The third kappa shape index (κ3) is 5.83. The van der Waals surface area contributed by atoms with Gasteiger partial charge in [0.2, 0.25) is 0 Å². The zero-order valence-corrected chi connectivity index (χ0v) is 11.8. The molecule has 4 N–H and O–H groups in total. The molecule has 0 radical (unpaired) electrons. The molecule has 19 heavy (non-hydrogen) atoms. The summed E-state index contributed by atoms with van der Waals surface area (Å²) in [5.74, 6) is 0. The monoisotopic (exact) mass is 260 g/mol. The van der Waals surface area contributed by atoms with Crippen molar-refractivity contribution in [1.29, 1.82) is 0 Å². The maximum atomic E-state index is 5.86. The van der Waals surface area contributed by atoms with E-state index in [1.54, 1.807) is 0 Å². The van der Waals surface area contributed by atoms with Gasteiger partial charge < -0.3 is 16.2 Å². The van der Waals surface area contributed by atoms with Crippen LogP contribution in [0.3, 0.4) is 0 Å². The Kier molecular flexibility index (Phi) is 6.50. The second-order valence-corrected chi connectivity index (χ2v) is 4.49. The maximum absolute atomic E-state index is 5.86. The minimum absolute atomic E-state index is 0.688. The predicted octanol–water partition coefficient (Wildman–Crippen LogP) is 2.69. The van der Waals surface area contributed by atoms with Crippen LogP contribution in [0.4, 0.5) is 0 Å². The van der Waals surface area contributed by atoms with Crippen LogP contribution in [0, 0.1) is 0 Å². The lowest BCUT2D eigenvalue weighted by atomic mass is 9.91. The molecule has 3 nitrogen and oxygen atoms in total. The highest BCUT2D eigenvalue weighted by Crippen LogP contribution is 2.25. The van der Waals surface area contributed by atoms with Crippen LogP contribution in [-0.2, 0) is 4.74 Å². The number of ether oxygens (including phenoxy) is 1. The summed E-state index contributed by atoms with van der Waals surface area (Å²) in [6.07, 6.45) is 6.51. The minimum atomic E-state index is -0.695. The molecule has 0 saturated carbocycles. The van der Waals surface area contributed by atoms with Crippen molar-refractivity contribution in [1.82, 2.24) is 0 Å². The molecule has 0 spiro atoms. The van der Waals surface area contributed by atoms with E-state index in [4.69, 9.17) is 16.2 Å². The smallest absolute Gasteiger partial charge is 0.0872 e. The van der Waals surface area contributed by atoms with Crippen LogP contribution < -0.4 is 11.5 Å². The zero-order valence-electron chi connectivity index (χ0n) is 11.8. The predicted molar refractivity (Wildman–Crippen MR) is 81.4 cm³/mol. The third-order valence-electron chi connectivity index (χ3n) is 2.75. The van der Waals surface area contributed by atoms with Gasteiger partial charge in [-0.25, -0.2) is 0 Å². The van der Waals surface area contributed by atoms with Crippen molar-refractivity contribution in [2.75, 3.05) is 13.2 Å². The average molecular weight is 260 g/mol. The first-order chi connectivity index (χ1) is 9.09. The molecular formula is C16H24N2O. The van der Waals surface area contributed by atoms with Gasteiger partial charge in [0.05, 0.1) is 5.66 Å². The van der Waals surface area contributed by atoms with Crippen molar-refractivity contribution in [2.45, 2.75) is 25.9 Å². The number of rotatable bonds is 3. The minimum Gasteiger partial charge on any atom is -0.382 e. The lowest BCUT2D eigenvalue weighted by molar-refractivity contribution is 0.162. The summed E-state index contributed by atoms with van der Waals surface area (Å²) in [7, 11) is 0. The normalized spacial score (nSPS) is 16.3. The summed E-state index contributed by atoms with van der Waals surface area (Å²) in [6, 6.07) is 10.2. The average Bonchev–Trinajstić information content (AvgIpc) is 2.40. The molecular weight excluding hydrogens is 236 g/mol. The molecule has 0 aromatic heterocycles. The molecule has 104 valence electrons. The third-order valence-corrected chi connectivity index (χ3v) is 2.75. The highest BCUT2D eigenvalue weighted by Gasteiger charge is 2.20. The standard InChI is InChI=1S/C12H14N2.C4H10O/c13-12(14)8-4-7-11(9-12)10-5-2-1-3-6-10;1-3-5-4-2/h1-8H,9,13-14H2;3-4H2,1-2H3. The van der Waals surface area contributed by atoms with Crippen molar-refractivity contribution in [3.05, 3.63) is 54.1 Å². The first-order valence-corrected chi connectivity index (χ1v) is 6.68. The first-order valence-electron chi connectivity index (χ1n) is 6.68. The van der Waals surface area contributed by atoms with E-state index in [2.05, 4.69) is 18.2 Å². The van der Waals surface area contributed by atoms with Gasteiger partial charge in [-0.05, 0) is 25.0 Å². The van der Waals surface area contributed by atoms with Gasteiger partial charge in [-0.15, -0.1) is 0 Å². The quantitative estimate of drug-likeness (QED) is 0.821. The summed E-state index contributed by atoms with van der Waals surface area (Å²) < 4.78 is 4.83. The molecule has 3 heteroatoms. The molecule has 2 rings (SSSR count). The fraction of sp³-hybridized carbons (Fsp3) is 0.375. The SMILES string of the molecule is CCOCC.NC1(N)C=CC=C(c2ccccc2)C1. The lowest BCUT2D eigenvalue weighted by Gasteiger charge is -2.25. The van der Waals surface area contributed by atoms with Crippen LogP contribution in [0.2, 0.25) is 0 Å². The molecule has 1 aromatic carbocycles. The molecule has 0 aliphatic heterocycles. The summed E-state index contributed by atoms with van der Waals surface area (Å²) in [5, 5.41) is 0. The Labute approximate surface area is 115 Å². The number of nitrogens with two attached hydrogens (primary N) is 2. The summed E-state index contributed by atoms with van der Waals surface area (Å²) in [6.45, 7) is 5.67. The number of hydrogen-bond acceptors (Lipinski definition) is 3. The largest absolute Gasteiger partial charge is 0.382 e. The second kappa shape index (κ2) is 7.89. The van der Waals surface area contributed by atoms with Gasteiger partial charge in [0.1, 0.15) is 0 Å². The van der Waals surface area contributed by atoms with Crippen molar-refractivity contribution in [2.24, 2.45) is 11.5 Å². The van der Waals surface area contributed by atoms with E-state index in [1.165, 1.54) is 11.1 Å². The Morgan fingerprint density at radius 1 is 1.11 bits per heavy atom. The van der Waals surface area contributed by atoms with Gasteiger partial charge in [0, 0.05) is 19.6 Å². The number of hydrogen-bond donors (Lipinski definition) is 2. The number of benzene rings is 1. The summed E-state index contributed by atoms with van der Waals surface area (Å²) >= 11 is 0. The van der Waals surface area contributed by atoms with Gasteiger partial charge in [0.25, 0.3) is 0 Å². The van der Waals surface area contributed by atoms with Crippen LogP contribution in [0.5, 0.6) is 0 Å². The Morgan fingerprint density at radius 2 is 1.74 bits per heavy atom. The molecule has 0 bridgehead atoms. The van der Waals surface area contributed by atoms with E-state index >= 15 is 0 Å². The second-order valence-electron chi connectivity index (χ2n) is 4.49. The van der Waals surface area contributed by atoms with E-state index in [9.17, 15) is 0 Å². The Hall–Kier alpha value is -1.42. The van der Waals surface area contributed by atoms with Gasteiger partial charge in [-0.3, -0.25) is 0 Å². The van der Waals surface area contributed by atoms with Crippen LogP contribution >= 0.6 is 0 Å². The molecule has 0 heterocycles. The van der Waals surface area contributed by atoms with Crippen molar-refractivity contribution < 1.29 is 4.74 Å². The number of allylic oxidation sites excluding steroid dienone is 2. The van der Waals surface area contributed by atoms with Crippen molar-refractivity contribution >= 4 is 5.57 Å². The van der Waals surface area contributed by atoms with E-state index < -0.39 is 5.66 Å². The van der Waals surface area contributed by atoms with E-state index in [0.717, 1.165) is 13.2 Å². The van der Waals surface area contributed by atoms with Crippen LogP contribution in [0.15, 0.2) is 48.6 Å². The molecule has 1 aliphatic carbocycles. The van der Waals surface area contributed by atoms with Crippen LogP contribution in [0.25, 0.3) is 5.57 Å². The Bertz CT molecular complexity index is 420. The van der Waals surface area contributed by atoms with E-state index in [-0.39, 0.29) is 0 Å². The highest BCUT2D eigenvalue weighted by molar-refractivity contribution is 5.69. The zero-order chi connectivity index (χ0) is 14.1. The molecule has 1 aromatic rings.